The van der Waals surface area contributed by atoms with Crippen molar-refractivity contribution in [2.45, 2.75) is 130 Å². The van der Waals surface area contributed by atoms with Crippen LogP contribution in [0, 0.1) is 0 Å². The number of anilines is 1. The molecule has 0 aromatic carbocycles. The molecule has 0 bridgehead atoms. The predicted molar refractivity (Wildman–Crippen MR) is 172 cm³/mol. The van der Waals surface area contributed by atoms with Gasteiger partial charge in [-0.1, -0.05) is 6.07 Å². The van der Waals surface area contributed by atoms with Crippen LogP contribution in [0.15, 0.2) is 24.4 Å². The molecule has 3 saturated heterocycles. The first-order valence-corrected chi connectivity index (χ1v) is 16.9. The first kappa shape index (κ1) is 43.4. The van der Waals surface area contributed by atoms with Gasteiger partial charge in [0, 0.05) is 19.7 Å². The molecule has 4 heterocycles. The second kappa shape index (κ2) is 19.5. The molecule has 3 aliphatic rings. The number of carbonyl (C=O) groups excluding carboxylic acids is 1. The molecule has 3 fully saturated rings. The van der Waals surface area contributed by atoms with E-state index in [2.05, 4.69) is 15.6 Å². The summed E-state index contributed by atoms with van der Waals surface area (Å²) >= 11 is 0. The average molecular weight is 770 g/mol. The molecule has 4 rings (SSSR count). The molecule has 0 unspecified atom stereocenters. The number of rotatable bonds is 16. The van der Waals surface area contributed by atoms with Crippen molar-refractivity contribution < 1.29 is 94.5 Å². The Morgan fingerprint density at radius 1 is 0.792 bits per heavy atom. The van der Waals surface area contributed by atoms with Crippen molar-refractivity contribution in [3.63, 3.8) is 0 Å². The number of aliphatic hydroxyl groups is 12. The van der Waals surface area contributed by atoms with Crippen LogP contribution in [0.2, 0.25) is 0 Å². The largest absolute Gasteiger partial charge is 0.394 e. The second-order valence-electron chi connectivity index (χ2n) is 13.0. The van der Waals surface area contributed by atoms with Gasteiger partial charge >= 0.3 is 0 Å². The van der Waals surface area contributed by atoms with Crippen molar-refractivity contribution >= 4 is 11.7 Å². The minimum absolute atomic E-state index is 0.318. The summed E-state index contributed by atoms with van der Waals surface area (Å²) in [6, 6.07) is 3.31. The Kier molecular flexibility index (Phi) is 16.0. The Morgan fingerprint density at radius 3 is 2.04 bits per heavy atom. The highest BCUT2D eigenvalue weighted by Crippen LogP contribution is 2.35. The first-order chi connectivity index (χ1) is 25.1. The van der Waals surface area contributed by atoms with Gasteiger partial charge in [-0.05, 0) is 19.1 Å². The van der Waals surface area contributed by atoms with Gasteiger partial charge in [0.25, 0.3) is 0 Å². The number of nitrogens with one attached hydrogen (secondary N) is 2. The number of amides is 1. The van der Waals surface area contributed by atoms with Crippen LogP contribution in [-0.2, 0) is 33.2 Å². The summed E-state index contributed by atoms with van der Waals surface area (Å²) in [6.07, 6.45) is -30.6. The van der Waals surface area contributed by atoms with E-state index in [4.69, 9.17) is 28.4 Å². The number of carbonyl (C=O) groups is 1. The maximum absolute atomic E-state index is 12.1. The van der Waals surface area contributed by atoms with E-state index in [0.717, 1.165) is 6.92 Å². The summed E-state index contributed by atoms with van der Waals surface area (Å²) in [5.74, 6) is -0.402. The predicted octanol–water partition coefficient (Wildman–Crippen LogP) is -7.43. The number of nitrogens with zero attached hydrogens (tertiary/aromatic N) is 1. The van der Waals surface area contributed by atoms with E-state index in [9.17, 15) is 66.1 Å². The zero-order valence-corrected chi connectivity index (χ0v) is 28.8. The van der Waals surface area contributed by atoms with Gasteiger partial charge in [0.15, 0.2) is 18.9 Å². The topological polar surface area (TPSA) is 352 Å². The molecular formula is C31H51N3O19. The van der Waals surface area contributed by atoms with E-state index in [-0.39, 0.29) is 6.54 Å². The van der Waals surface area contributed by atoms with Crippen LogP contribution in [0.5, 0.6) is 0 Å². The van der Waals surface area contributed by atoms with E-state index in [1.54, 1.807) is 18.2 Å². The van der Waals surface area contributed by atoms with Gasteiger partial charge < -0.3 is 100 Å². The van der Waals surface area contributed by atoms with Gasteiger partial charge in [-0.3, -0.25) is 4.79 Å². The van der Waals surface area contributed by atoms with E-state index >= 15 is 0 Å². The van der Waals surface area contributed by atoms with Crippen molar-refractivity contribution in [3.8, 4) is 0 Å². The molecule has 1 amide bonds. The van der Waals surface area contributed by atoms with Gasteiger partial charge in [-0.2, -0.15) is 0 Å². The molecule has 304 valence electrons. The quantitative estimate of drug-likeness (QED) is 0.0742. The van der Waals surface area contributed by atoms with Gasteiger partial charge in [0.05, 0.1) is 32.0 Å². The molecule has 1 aromatic heterocycles. The zero-order valence-electron chi connectivity index (χ0n) is 28.8. The molecule has 0 spiro atoms. The lowest BCUT2D eigenvalue weighted by atomic mass is 9.95. The molecule has 3 aliphatic heterocycles. The molecule has 19 atom stereocenters. The van der Waals surface area contributed by atoms with Crippen LogP contribution in [0.1, 0.15) is 13.8 Å². The SMILES string of the molecule is CC(=O)N[C@H]1[C@@H](O[C@H]2[C@@H](O)[C@@H](CO)O[C@@H](O[C@@H]([C@H](O)[C@@H](O)CNc3ccccn3)[C@H](O)CO)[C@@H]2O[C@@H]2O[C@@H](C)[C@@H](O)[C@@H](O)[C@@H]2O)O[C@H](CO)[C@H](O)[C@@H]1O. The molecule has 1 aromatic rings. The Morgan fingerprint density at radius 2 is 1.43 bits per heavy atom. The normalized spacial score (nSPS) is 40.2. The van der Waals surface area contributed by atoms with Crippen LogP contribution in [-0.4, -0.2) is 215 Å². The van der Waals surface area contributed by atoms with Crippen LogP contribution in [0.4, 0.5) is 5.82 Å². The van der Waals surface area contributed by atoms with E-state index in [1.807, 2.05) is 0 Å². The maximum Gasteiger partial charge on any atom is 0.217 e. The third kappa shape index (κ3) is 10.3. The fraction of sp³-hybridized carbons (Fsp3) is 0.806. The average Bonchev–Trinajstić information content (AvgIpc) is 3.15. The summed E-state index contributed by atoms with van der Waals surface area (Å²) in [6.45, 7) is -0.749. The van der Waals surface area contributed by atoms with Crippen molar-refractivity contribution in [2.24, 2.45) is 0 Å². The standard InChI is InChI=1S/C31H51N3O19/c1-11-19(41)24(46)25(47)30(48-11)53-28-27(52-29-18(34-12(2)38)23(45)21(43)15(9-36)49-29)22(44)16(10-37)50-31(28)51-26(14(40)8-35)20(42)13(39)7-33-17-5-3-4-6-32-17/h3-6,11,13-16,18-31,35-37,39-47H,7-10H2,1-2H3,(H,32,33)(H,34,38)/t11-,13-,14+,15+,16+,18+,19+,20+,21-,22-,23+,24+,25-,26+,27-,28+,29+,30-,31-/m0/s1. The highest BCUT2D eigenvalue weighted by Gasteiger charge is 2.55. The lowest BCUT2D eigenvalue weighted by molar-refractivity contribution is -0.393. The lowest BCUT2D eigenvalue weighted by Crippen LogP contribution is -2.69. The molecule has 0 saturated carbocycles. The fourth-order valence-corrected chi connectivity index (χ4v) is 6.15. The molecule has 22 nitrogen and oxygen atoms in total. The van der Waals surface area contributed by atoms with Crippen LogP contribution in [0.3, 0.4) is 0 Å². The van der Waals surface area contributed by atoms with Crippen LogP contribution < -0.4 is 10.6 Å². The van der Waals surface area contributed by atoms with E-state index < -0.39 is 142 Å². The number of hydrogen-bond acceptors (Lipinski definition) is 21. The van der Waals surface area contributed by atoms with E-state index in [1.165, 1.54) is 13.1 Å². The third-order valence-electron chi connectivity index (χ3n) is 9.19. The highest BCUT2D eigenvalue weighted by molar-refractivity contribution is 5.73. The monoisotopic (exact) mass is 769 g/mol. The van der Waals surface area contributed by atoms with Gasteiger partial charge in [-0.15, -0.1) is 0 Å². The Bertz CT molecular complexity index is 1260. The first-order valence-electron chi connectivity index (χ1n) is 16.9. The number of hydrogen-bond donors (Lipinski definition) is 14. The molecule has 0 radical (unpaired) electrons. The van der Waals surface area contributed by atoms with Crippen LogP contribution >= 0.6 is 0 Å². The fourth-order valence-electron chi connectivity index (χ4n) is 6.15. The minimum Gasteiger partial charge on any atom is -0.394 e. The molecule has 53 heavy (non-hydrogen) atoms. The summed E-state index contributed by atoms with van der Waals surface area (Å²) < 4.78 is 34.9. The van der Waals surface area contributed by atoms with E-state index in [0.29, 0.717) is 5.82 Å². The molecule has 14 N–H and O–H groups in total. The molecular weight excluding hydrogens is 718 g/mol. The Balaban J connectivity index is 1.71. The molecule has 0 aliphatic carbocycles. The summed E-state index contributed by atoms with van der Waals surface area (Å²) in [7, 11) is 0. The van der Waals surface area contributed by atoms with Gasteiger partial charge in [-0.25, -0.2) is 4.98 Å². The van der Waals surface area contributed by atoms with Crippen molar-refractivity contribution in [1.29, 1.82) is 0 Å². The number of aromatic nitrogens is 1. The smallest absolute Gasteiger partial charge is 0.217 e. The maximum atomic E-state index is 12.1. The molecule has 22 heteroatoms. The summed E-state index contributed by atoms with van der Waals surface area (Å²) in [5, 5.41) is 132. The number of ether oxygens (including phenoxy) is 6. The van der Waals surface area contributed by atoms with Crippen molar-refractivity contribution in [1.82, 2.24) is 10.3 Å². The van der Waals surface area contributed by atoms with Gasteiger partial charge in [0.1, 0.15) is 91.2 Å². The lowest BCUT2D eigenvalue weighted by Gasteiger charge is -2.50. The van der Waals surface area contributed by atoms with Crippen LogP contribution in [0.25, 0.3) is 0 Å². The zero-order chi connectivity index (χ0) is 39.1. The third-order valence-corrected chi connectivity index (χ3v) is 9.19. The minimum atomic E-state index is -2.00. The Hall–Kier alpha value is -2.30. The summed E-state index contributed by atoms with van der Waals surface area (Å²) in [5.41, 5.74) is 0. The highest BCUT2D eigenvalue weighted by atomic mass is 16.8. The number of pyridine rings is 1. The summed E-state index contributed by atoms with van der Waals surface area (Å²) in [4.78, 5) is 16.1. The van der Waals surface area contributed by atoms with Crippen molar-refractivity contribution in [3.05, 3.63) is 24.4 Å². The number of aliphatic hydroxyl groups excluding tert-OH is 12. The Labute approximate surface area is 303 Å². The van der Waals surface area contributed by atoms with Gasteiger partial charge in [0.2, 0.25) is 5.91 Å². The van der Waals surface area contributed by atoms with Crippen molar-refractivity contribution in [2.75, 3.05) is 31.7 Å². The second-order valence-corrected chi connectivity index (χ2v) is 13.0.